The number of benzene rings is 2. The molecule has 2 aromatic carbocycles. The van der Waals surface area contributed by atoms with Crippen molar-refractivity contribution in [1.29, 1.82) is 0 Å². The molecule has 2 N–H and O–H groups in total. The number of hydrogen-bond donors (Lipinski definition) is 1. The van der Waals surface area contributed by atoms with Crippen molar-refractivity contribution in [3.63, 3.8) is 0 Å². The average molecular weight is 243 g/mol. The quantitative estimate of drug-likeness (QED) is 0.783. The first-order valence-corrected chi connectivity index (χ1v) is 6.25. The summed E-state index contributed by atoms with van der Waals surface area (Å²) in [6.07, 6.45) is -0.0819. The van der Waals surface area contributed by atoms with Crippen molar-refractivity contribution in [2.45, 2.75) is 19.1 Å². The van der Waals surface area contributed by atoms with E-state index in [0.29, 0.717) is 5.92 Å². The maximum absolute atomic E-state index is 5.78. The number of rotatable bonds is 1. The monoisotopic (exact) mass is 243 g/mol. The fraction of sp³-hybridized carbons (Fsp3) is 0.333. The molecule has 0 aliphatic carbocycles. The van der Waals surface area contributed by atoms with E-state index in [4.69, 9.17) is 15.2 Å². The van der Waals surface area contributed by atoms with Crippen LogP contribution in [0.15, 0.2) is 36.4 Å². The highest BCUT2D eigenvalue weighted by molar-refractivity contribution is 5.86. The summed E-state index contributed by atoms with van der Waals surface area (Å²) in [5.74, 6) is 0.322. The van der Waals surface area contributed by atoms with E-state index in [1.54, 1.807) is 0 Å². The lowest BCUT2D eigenvalue weighted by molar-refractivity contribution is -0.176. The lowest BCUT2D eigenvalue weighted by Gasteiger charge is -2.27. The van der Waals surface area contributed by atoms with Crippen LogP contribution in [0.4, 0.5) is 5.69 Å². The second-order valence-corrected chi connectivity index (χ2v) is 4.80. The Morgan fingerprint density at radius 3 is 2.44 bits per heavy atom. The van der Waals surface area contributed by atoms with Crippen molar-refractivity contribution < 1.29 is 9.47 Å². The van der Waals surface area contributed by atoms with E-state index in [0.717, 1.165) is 18.9 Å². The average Bonchev–Trinajstić information content (AvgIpc) is 2.39. The molecule has 0 bridgehead atoms. The Labute approximate surface area is 106 Å². The van der Waals surface area contributed by atoms with Gasteiger partial charge in [-0.2, -0.15) is 0 Å². The predicted octanol–water partition coefficient (Wildman–Crippen LogP) is 2.90. The zero-order valence-corrected chi connectivity index (χ0v) is 10.4. The van der Waals surface area contributed by atoms with Crippen molar-refractivity contribution >= 4 is 16.5 Å². The number of hydrogen-bond acceptors (Lipinski definition) is 3. The van der Waals surface area contributed by atoms with E-state index in [9.17, 15) is 0 Å². The minimum Gasteiger partial charge on any atom is -0.399 e. The van der Waals surface area contributed by atoms with Crippen LogP contribution in [0.5, 0.6) is 0 Å². The Hall–Kier alpha value is -1.58. The molecular formula is C15H17NO2. The molecule has 0 spiro atoms. The molecule has 2 aromatic rings. The molecule has 0 atom stereocenters. The van der Waals surface area contributed by atoms with Crippen LogP contribution in [0.25, 0.3) is 10.8 Å². The van der Waals surface area contributed by atoms with Gasteiger partial charge in [0.2, 0.25) is 0 Å². The van der Waals surface area contributed by atoms with Gasteiger partial charge >= 0.3 is 0 Å². The third-order valence-electron chi connectivity index (χ3n) is 3.42. The molecule has 3 rings (SSSR count). The summed E-state index contributed by atoms with van der Waals surface area (Å²) >= 11 is 0. The van der Waals surface area contributed by atoms with Crippen LogP contribution in [0.3, 0.4) is 0 Å². The van der Waals surface area contributed by atoms with Crippen molar-refractivity contribution in [1.82, 2.24) is 0 Å². The molecule has 3 nitrogen and oxygen atoms in total. The first-order chi connectivity index (χ1) is 8.72. The maximum atomic E-state index is 5.78. The fourth-order valence-corrected chi connectivity index (χ4v) is 2.33. The topological polar surface area (TPSA) is 44.5 Å². The van der Waals surface area contributed by atoms with E-state index in [-0.39, 0.29) is 6.29 Å². The lowest BCUT2D eigenvalue weighted by atomic mass is 9.97. The molecule has 1 aliphatic heterocycles. The second-order valence-electron chi connectivity index (χ2n) is 4.80. The highest BCUT2D eigenvalue weighted by Crippen LogP contribution is 2.26. The molecular weight excluding hydrogens is 226 g/mol. The molecule has 1 saturated heterocycles. The molecule has 18 heavy (non-hydrogen) atoms. The first-order valence-electron chi connectivity index (χ1n) is 6.25. The predicted molar refractivity (Wildman–Crippen MR) is 72.5 cm³/mol. The van der Waals surface area contributed by atoms with Crippen molar-refractivity contribution in [3.05, 3.63) is 42.0 Å². The summed E-state index contributed by atoms with van der Waals surface area (Å²) in [6.45, 7) is 3.38. The largest absolute Gasteiger partial charge is 0.399 e. The van der Waals surface area contributed by atoms with Crippen molar-refractivity contribution in [3.8, 4) is 0 Å². The van der Waals surface area contributed by atoms with E-state index in [2.05, 4.69) is 24.3 Å². The zero-order chi connectivity index (χ0) is 12.5. The van der Waals surface area contributed by atoms with Crippen LogP contribution in [0.2, 0.25) is 0 Å². The Balaban J connectivity index is 1.91. The van der Waals surface area contributed by atoms with Gasteiger partial charge in [-0.1, -0.05) is 24.3 Å². The Bertz CT molecular complexity index is 559. The highest BCUT2D eigenvalue weighted by atomic mass is 16.7. The summed E-state index contributed by atoms with van der Waals surface area (Å²) in [6, 6.07) is 12.4. The molecule has 1 heterocycles. The van der Waals surface area contributed by atoms with Crippen LogP contribution < -0.4 is 5.73 Å². The number of fused-ring (bicyclic) bond motifs is 1. The van der Waals surface area contributed by atoms with Gasteiger partial charge in [-0.05, 0) is 35.4 Å². The molecule has 1 fully saturated rings. The van der Waals surface area contributed by atoms with E-state index >= 15 is 0 Å². The van der Waals surface area contributed by atoms with Crippen LogP contribution in [-0.2, 0) is 9.47 Å². The van der Waals surface area contributed by atoms with Gasteiger partial charge in [0.15, 0.2) is 6.29 Å². The standard InChI is InChI=1S/C15H17NO2/c1-10-17-8-14(9-18-10)12-2-3-13-7-15(16)5-4-11(13)6-12/h2-7,10,14H,8-9,16H2,1H3. The third-order valence-corrected chi connectivity index (χ3v) is 3.42. The van der Waals surface area contributed by atoms with Gasteiger partial charge in [-0.3, -0.25) is 0 Å². The Kier molecular flexibility index (Phi) is 2.94. The van der Waals surface area contributed by atoms with Gasteiger partial charge in [0.05, 0.1) is 13.2 Å². The SMILES string of the molecule is CC1OCC(c2ccc3cc(N)ccc3c2)CO1. The van der Waals surface area contributed by atoms with Crippen molar-refractivity contribution in [2.75, 3.05) is 18.9 Å². The molecule has 94 valence electrons. The summed E-state index contributed by atoms with van der Waals surface area (Å²) in [5.41, 5.74) is 7.84. The molecule has 1 aliphatic rings. The molecule has 0 radical (unpaired) electrons. The summed E-state index contributed by atoms with van der Waals surface area (Å²) in [7, 11) is 0. The number of nitrogens with two attached hydrogens (primary N) is 1. The van der Waals surface area contributed by atoms with Gasteiger partial charge in [-0.25, -0.2) is 0 Å². The zero-order valence-electron chi connectivity index (χ0n) is 10.4. The van der Waals surface area contributed by atoms with Gasteiger partial charge in [-0.15, -0.1) is 0 Å². The van der Waals surface area contributed by atoms with Crippen LogP contribution in [0.1, 0.15) is 18.4 Å². The minimum atomic E-state index is -0.0819. The van der Waals surface area contributed by atoms with Gasteiger partial charge in [0, 0.05) is 11.6 Å². The van der Waals surface area contributed by atoms with Gasteiger partial charge in [0.1, 0.15) is 0 Å². The van der Waals surface area contributed by atoms with Crippen LogP contribution in [-0.4, -0.2) is 19.5 Å². The third kappa shape index (κ3) is 2.19. The highest BCUT2D eigenvalue weighted by Gasteiger charge is 2.20. The van der Waals surface area contributed by atoms with Gasteiger partial charge in [0.25, 0.3) is 0 Å². The fourth-order valence-electron chi connectivity index (χ4n) is 2.33. The molecule has 3 heteroatoms. The second kappa shape index (κ2) is 4.59. The number of nitrogen functional groups attached to an aromatic ring is 1. The number of ether oxygens (including phenoxy) is 2. The maximum Gasteiger partial charge on any atom is 0.154 e. The normalized spacial score (nSPS) is 24.3. The van der Waals surface area contributed by atoms with Crippen LogP contribution in [0, 0.1) is 0 Å². The molecule has 0 aromatic heterocycles. The number of anilines is 1. The summed E-state index contributed by atoms with van der Waals surface area (Å²) in [5, 5.41) is 2.38. The lowest BCUT2D eigenvalue weighted by Crippen LogP contribution is -2.28. The summed E-state index contributed by atoms with van der Waals surface area (Å²) in [4.78, 5) is 0. The molecule has 0 saturated carbocycles. The van der Waals surface area contributed by atoms with Gasteiger partial charge < -0.3 is 15.2 Å². The van der Waals surface area contributed by atoms with Crippen molar-refractivity contribution in [2.24, 2.45) is 0 Å². The Morgan fingerprint density at radius 1 is 1.00 bits per heavy atom. The smallest absolute Gasteiger partial charge is 0.154 e. The van der Waals surface area contributed by atoms with E-state index in [1.807, 2.05) is 19.1 Å². The molecule has 0 amide bonds. The van der Waals surface area contributed by atoms with E-state index < -0.39 is 0 Å². The molecule has 0 unspecified atom stereocenters. The Morgan fingerprint density at radius 2 is 1.67 bits per heavy atom. The summed E-state index contributed by atoms with van der Waals surface area (Å²) < 4.78 is 11.1. The van der Waals surface area contributed by atoms with Crippen LogP contribution >= 0.6 is 0 Å². The minimum absolute atomic E-state index is 0.0819. The van der Waals surface area contributed by atoms with E-state index in [1.165, 1.54) is 16.3 Å². The first kappa shape index (κ1) is 11.5.